The first kappa shape index (κ1) is 36.7. The Labute approximate surface area is 296 Å². The van der Waals surface area contributed by atoms with Gasteiger partial charge in [-0.25, -0.2) is 4.79 Å². The predicted octanol–water partition coefficient (Wildman–Crippen LogP) is 5.86. The number of ether oxygens (including phenoxy) is 4. The van der Waals surface area contributed by atoms with Gasteiger partial charge in [-0.3, -0.25) is 9.59 Å². The van der Waals surface area contributed by atoms with Crippen molar-refractivity contribution in [2.45, 2.75) is 146 Å². The second-order valence-corrected chi connectivity index (χ2v) is 14.7. The van der Waals surface area contributed by atoms with E-state index in [2.05, 4.69) is 25.2 Å². The Bertz CT molecular complexity index is 1400. The molecule has 6 rings (SSSR count). The third kappa shape index (κ3) is 8.69. The van der Waals surface area contributed by atoms with Gasteiger partial charge in [0.1, 0.15) is 24.4 Å². The van der Waals surface area contributed by atoms with E-state index in [1.807, 2.05) is 30.4 Å². The Hall–Kier alpha value is -3.05. The van der Waals surface area contributed by atoms with Crippen molar-refractivity contribution < 1.29 is 38.4 Å². The Balaban J connectivity index is 1.24. The van der Waals surface area contributed by atoms with Gasteiger partial charge in [0.05, 0.1) is 24.4 Å². The highest BCUT2D eigenvalue weighted by atomic mass is 16.8. The molecular formula is C40H56N2O8. The standard InChI is InChI=1S/C40H56N2O8/c1-3-5-9-19-40(20-10-6-4-2)49-35-26-29(38(45)42-22-11-14-31(42)37(44)41-21-23-43)25-34(36(35)50-40)48-39(46)30-13-8-7-12-28(30)17-15-27-16-18-32-33(24-27)47-32/h7-8,12-13,15,17,26-27,31-36,43H,3-6,9-11,14,16,18-25H2,1-2H3,(H,41,44)/t27?,31-,32?,33?,34-,35-,36+/m1/s1. The maximum atomic E-state index is 14.2. The van der Waals surface area contributed by atoms with Crippen LogP contribution in [0.15, 0.2) is 42.0 Å². The van der Waals surface area contributed by atoms with E-state index in [9.17, 15) is 19.5 Å². The number of rotatable bonds is 16. The first-order valence-electron chi connectivity index (χ1n) is 19.2. The first-order valence-corrected chi connectivity index (χ1v) is 19.2. The van der Waals surface area contributed by atoms with E-state index in [4.69, 9.17) is 18.9 Å². The maximum absolute atomic E-state index is 14.2. The number of fused-ring (bicyclic) bond motifs is 2. The van der Waals surface area contributed by atoms with Gasteiger partial charge in [-0.1, -0.05) is 69.9 Å². The zero-order valence-corrected chi connectivity index (χ0v) is 29.9. The number of allylic oxidation sites excluding steroid dienone is 1. The summed E-state index contributed by atoms with van der Waals surface area (Å²) in [7, 11) is 0. The Morgan fingerprint density at radius 1 is 1.02 bits per heavy atom. The van der Waals surface area contributed by atoms with Crippen LogP contribution in [0.25, 0.3) is 6.08 Å². The minimum atomic E-state index is -0.815. The minimum Gasteiger partial charge on any atom is -0.456 e. The summed E-state index contributed by atoms with van der Waals surface area (Å²) in [5, 5.41) is 11.9. The number of hydrogen-bond acceptors (Lipinski definition) is 8. The molecule has 3 heterocycles. The van der Waals surface area contributed by atoms with Gasteiger partial charge in [-0.2, -0.15) is 0 Å². The number of carbonyl (C=O) groups excluding carboxylic acids is 3. The zero-order chi connectivity index (χ0) is 35.1. The SMILES string of the molecule is CCCCCC1(CCCCC)O[C@@H]2[C@@H](C=C(C(=O)N3CCC[C@@H]3C(=O)NCCO)C[C@H]2OC(=O)c2ccccc2C=CC2CCC3OC3C2)O1. The van der Waals surface area contributed by atoms with Crippen molar-refractivity contribution >= 4 is 23.9 Å². The highest BCUT2D eigenvalue weighted by molar-refractivity contribution is 5.98. The molecule has 7 atom stereocenters. The van der Waals surface area contributed by atoms with Crippen molar-refractivity contribution in [2.24, 2.45) is 5.92 Å². The molecule has 1 aromatic carbocycles. The zero-order valence-electron chi connectivity index (χ0n) is 29.9. The number of nitrogens with one attached hydrogen (secondary N) is 1. The fourth-order valence-corrected chi connectivity index (χ4v) is 8.23. The second-order valence-electron chi connectivity index (χ2n) is 14.7. The number of epoxide rings is 1. The van der Waals surface area contributed by atoms with Crippen LogP contribution in [0.1, 0.15) is 120 Å². The van der Waals surface area contributed by atoms with E-state index in [-0.39, 0.29) is 31.4 Å². The Morgan fingerprint density at radius 2 is 1.80 bits per heavy atom. The lowest BCUT2D eigenvalue weighted by molar-refractivity contribution is -0.190. The smallest absolute Gasteiger partial charge is 0.339 e. The highest BCUT2D eigenvalue weighted by Gasteiger charge is 2.53. The molecule has 2 aliphatic carbocycles. The topological polar surface area (TPSA) is 127 Å². The molecule has 0 radical (unpaired) electrons. The number of aliphatic hydroxyl groups excluding tert-OH is 1. The van der Waals surface area contributed by atoms with Gasteiger partial charge in [0.25, 0.3) is 0 Å². The summed E-state index contributed by atoms with van der Waals surface area (Å²) in [5.41, 5.74) is 1.73. The van der Waals surface area contributed by atoms with Gasteiger partial charge in [-0.15, -0.1) is 0 Å². The van der Waals surface area contributed by atoms with Crippen LogP contribution in [0.2, 0.25) is 0 Å². The molecule has 0 spiro atoms. The van der Waals surface area contributed by atoms with E-state index in [1.54, 1.807) is 11.0 Å². The second kappa shape index (κ2) is 17.0. The molecule has 2 N–H and O–H groups in total. The number of aliphatic hydroxyl groups is 1. The number of esters is 1. The van der Waals surface area contributed by atoms with Crippen molar-refractivity contribution in [3.8, 4) is 0 Å². The Morgan fingerprint density at radius 3 is 2.54 bits per heavy atom. The quantitative estimate of drug-likeness (QED) is 0.125. The molecule has 3 saturated heterocycles. The minimum absolute atomic E-state index is 0.137. The van der Waals surface area contributed by atoms with Crippen LogP contribution in [-0.2, 0) is 28.5 Å². The molecule has 10 heteroatoms. The summed E-state index contributed by atoms with van der Waals surface area (Å²) in [4.78, 5) is 42.7. The predicted molar refractivity (Wildman–Crippen MR) is 189 cm³/mol. The van der Waals surface area contributed by atoms with E-state index < -0.39 is 36.1 Å². The largest absolute Gasteiger partial charge is 0.456 e. The van der Waals surface area contributed by atoms with Crippen LogP contribution in [0.5, 0.6) is 0 Å². The van der Waals surface area contributed by atoms with Crippen LogP contribution in [-0.4, -0.2) is 89.8 Å². The summed E-state index contributed by atoms with van der Waals surface area (Å²) < 4.78 is 25.7. The molecule has 1 aromatic rings. The van der Waals surface area contributed by atoms with Crippen LogP contribution >= 0.6 is 0 Å². The summed E-state index contributed by atoms with van der Waals surface area (Å²) in [5.74, 6) is -1.38. The highest BCUT2D eigenvalue weighted by Crippen LogP contribution is 2.44. The summed E-state index contributed by atoms with van der Waals surface area (Å²) >= 11 is 0. The molecule has 10 nitrogen and oxygen atoms in total. The fourth-order valence-electron chi connectivity index (χ4n) is 8.23. The van der Waals surface area contributed by atoms with Crippen LogP contribution < -0.4 is 5.32 Å². The lowest BCUT2D eigenvalue weighted by Crippen LogP contribution is -2.49. The number of carbonyl (C=O) groups is 3. The molecule has 2 amide bonds. The van der Waals surface area contributed by atoms with Gasteiger partial charge in [0.15, 0.2) is 5.79 Å². The molecule has 274 valence electrons. The third-order valence-electron chi connectivity index (χ3n) is 11.0. The number of unbranched alkanes of at least 4 members (excludes halogenated alkanes) is 4. The Kier molecular flexibility index (Phi) is 12.5. The average Bonchev–Trinajstić information content (AvgIpc) is 3.55. The molecule has 1 saturated carbocycles. The number of amides is 2. The first-order chi connectivity index (χ1) is 24.3. The van der Waals surface area contributed by atoms with Gasteiger partial charge in [0.2, 0.25) is 11.8 Å². The lowest BCUT2D eigenvalue weighted by Gasteiger charge is -2.33. The summed E-state index contributed by atoms with van der Waals surface area (Å²) in [6.07, 6.45) is 17.2. The van der Waals surface area contributed by atoms with E-state index in [0.717, 1.165) is 76.2 Å². The number of hydrogen-bond donors (Lipinski definition) is 2. The normalized spacial score (nSPS) is 29.7. The van der Waals surface area contributed by atoms with Crippen molar-refractivity contribution in [1.82, 2.24) is 10.2 Å². The molecule has 4 fully saturated rings. The molecule has 50 heavy (non-hydrogen) atoms. The fraction of sp³-hybridized carbons (Fsp3) is 0.675. The third-order valence-corrected chi connectivity index (χ3v) is 11.0. The molecule has 3 aliphatic heterocycles. The van der Waals surface area contributed by atoms with Crippen LogP contribution in [0.3, 0.4) is 0 Å². The molecule has 0 aromatic heterocycles. The van der Waals surface area contributed by atoms with Crippen LogP contribution in [0, 0.1) is 5.92 Å². The molecular weight excluding hydrogens is 636 g/mol. The monoisotopic (exact) mass is 692 g/mol. The van der Waals surface area contributed by atoms with E-state index >= 15 is 0 Å². The van der Waals surface area contributed by atoms with Gasteiger partial charge in [-0.05, 0) is 68.6 Å². The number of likely N-dealkylation sites (tertiary alicyclic amines) is 1. The van der Waals surface area contributed by atoms with E-state index in [0.29, 0.717) is 48.6 Å². The van der Waals surface area contributed by atoms with Crippen molar-refractivity contribution in [3.05, 3.63) is 53.1 Å². The van der Waals surface area contributed by atoms with Crippen molar-refractivity contribution in [2.75, 3.05) is 19.7 Å². The van der Waals surface area contributed by atoms with Crippen molar-refractivity contribution in [1.29, 1.82) is 0 Å². The van der Waals surface area contributed by atoms with Gasteiger partial charge in [0, 0.05) is 37.9 Å². The molecule has 0 bridgehead atoms. The van der Waals surface area contributed by atoms with E-state index in [1.165, 1.54) is 0 Å². The maximum Gasteiger partial charge on any atom is 0.339 e. The number of nitrogens with zero attached hydrogens (tertiary/aromatic N) is 1. The van der Waals surface area contributed by atoms with Gasteiger partial charge < -0.3 is 34.3 Å². The average molecular weight is 693 g/mol. The van der Waals surface area contributed by atoms with Gasteiger partial charge >= 0.3 is 5.97 Å². The molecule has 3 unspecified atom stereocenters. The van der Waals surface area contributed by atoms with Crippen molar-refractivity contribution in [3.63, 3.8) is 0 Å². The summed E-state index contributed by atoms with van der Waals surface area (Å²) in [6, 6.07) is 6.87. The van der Waals surface area contributed by atoms with Crippen LogP contribution in [0.4, 0.5) is 0 Å². The summed E-state index contributed by atoms with van der Waals surface area (Å²) in [6.45, 7) is 4.77. The lowest BCUT2D eigenvalue weighted by atomic mass is 9.88. The number of benzene rings is 1. The molecule has 5 aliphatic rings.